The molecule has 3 amide bonds. The van der Waals surface area contributed by atoms with Gasteiger partial charge in [0.15, 0.2) is 0 Å². The van der Waals surface area contributed by atoms with Crippen LogP contribution < -0.4 is 15.4 Å². The molecule has 190 valence electrons. The topological polar surface area (TPSA) is 114 Å². The van der Waals surface area contributed by atoms with Crippen molar-refractivity contribution < 1.29 is 19.1 Å². The first-order chi connectivity index (χ1) is 17.5. The number of halogens is 1. The van der Waals surface area contributed by atoms with Crippen LogP contribution in [0.2, 0.25) is 0 Å². The van der Waals surface area contributed by atoms with Crippen molar-refractivity contribution in [3.8, 4) is 5.75 Å². The zero-order chi connectivity index (χ0) is 25.1. The van der Waals surface area contributed by atoms with Gasteiger partial charge in [-0.2, -0.15) is 0 Å². The average Bonchev–Trinajstić information content (AvgIpc) is 3.16. The maximum atomic E-state index is 12.6. The quantitative estimate of drug-likeness (QED) is 0.557. The molecule has 36 heavy (non-hydrogen) atoms. The predicted molar refractivity (Wildman–Crippen MR) is 135 cm³/mol. The summed E-state index contributed by atoms with van der Waals surface area (Å²) in [5.41, 5.74) is 1.52. The Hall–Kier alpha value is -2.85. The van der Waals surface area contributed by atoms with Gasteiger partial charge < -0.3 is 15.0 Å². The lowest BCUT2D eigenvalue weighted by atomic mass is 9.98. The van der Waals surface area contributed by atoms with Crippen LogP contribution in [-0.2, 0) is 16.1 Å². The Morgan fingerprint density at radius 2 is 1.75 bits per heavy atom. The molecule has 1 aliphatic carbocycles. The smallest absolute Gasteiger partial charge is 0.255 e. The molecular weight excluding hydrogens is 526 g/mol. The number of rotatable bonds is 4. The van der Waals surface area contributed by atoms with Crippen LogP contribution in [0.5, 0.6) is 5.75 Å². The van der Waals surface area contributed by atoms with E-state index in [0.717, 1.165) is 47.5 Å². The second kappa shape index (κ2) is 11.0. The maximum absolute atomic E-state index is 12.6. The molecule has 9 nitrogen and oxygen atoms in total. The van der Waals surface area contributed by atoms with Gasteiger partial charge in [0.05, 0.1) is 10.6 Å². The summed E-state index contributed by atoms with van der Waals surface area (Å²) >= 11 is 3.29. The normalized spacial score (nSPS) is 22.3. The molecule has 4 aliphatic rings. The standard InChI is InChI=1S/C19H22N2O4.C7H8BrN3/c22-17-9-8-16(18(23)20-17)21-11-12-10-14(6-7-15(12)19(21)24)25-13-4-2-1-3-5-13;8-6-3-10-7(11-4-6)5-1-9-2-5/h6-7,10,13,16H,1-5,8-9,11H2,(H,20,22,23);3-5,9H,1-2H2. The molecule has 6 rings (SSSR count). The Kier molecular flexibility index (Phi) is 7.62. The van der Waals surface area contributed by atoms with Crippen LogP contribution in [-0.4, -0.2) is 57.8 Å². The van der Waals surface area contributed by atoms with E-state index < -0.39 is 6.04 Å². The Morgan fingerprint density at radius 1 is 1.00 bits per heavy atom. The molecule has 2 saturated heterocycles. The van der Waals surface area contributed by atoms with Crippen molar-refractivity contribution >= 4 is 33.7 Å². The van der Waals surface area contributed by atoms with Crippen LogP contribution in [0.3, 0.4) is 0 Å². The van der Waals surface area contributed by atoms with E-state index >= 15 is 0 Å². The van der Waals surface area contributed by atoms with E-state index in [0.29, 0.717) is 24.4 Å². The molecule has 1 aromatic heterocycles. The zero-order valence-corrected chi connectivity index (χ0v) is 21.6. The lowest BCUT2D eigenvalue weighted by Crippen LogP contribution is -2.52. The third-order valence-electron chi connectivity index (χ3n) is 7.14. The van der Waals surface area contributed by atoms with Crippen molar-refractivity contribution in [1.82, 2.24) is 25.5 Å². The van der Waals surface area contributed by atoms with Crippen LogP contribution in [0.1, 0.15) is 72.6 Å². The van der Waals surface area contributed by atoms with Gasteiger partial charge in [-0.1, -0.05) is 6.42 Å². The molecule has 3 aliphatic heterocycles. The highest BCUT2D eigenvalue weighted by Gasteiger charge is 2.39. The third kappa shape index (κ3) is 5.59. The number of hydrogen-bond acceptors (Lipinski definition) is 7. The van der Waals surface area contributed by atoms with Gasteiger partial charge in [0.1, 0.15) is 17.6 Å². The first kappa shape index (κ1) is 24.8. The fourth-order valence-electron chi connectivity index (χ4n) is 5.00. The number of hydrogen-bond donors (Lipinski definition) is 2. The summed E-state index contributed by atoms with van der Waals surface area (Å²) in [6.07, 6.45) is 10.4. The number of carbonyl (C=O) groups excluding carboxylic acids is 3. The van der Waals surface area contributed by atoms with Gasteiger partial charge in [-0.05, 0) is 71.8 Å². The van der Waals surface area contributed by atoms with Gasteiger partial charge in [0, 0.05) is 49.9 Å². The van der Waals surface area contributed by atoms with Crippen LogP contribution in [0.15, 0.2) is 35.1 Å². The lowest BCUT2D eigenvalue weighted by molar-refractivity contribution is -0.136. The van der Waals surface area contributed by atoms with Crippen LogP contribution >= 0.6 is 15.9 Å². The molecule has 2 N–H and O–H groups in total. The highest BCUT2D eigenvalue weighted by Crippen LogP contribution is 2.31. The Balaban J connectivity index is 0.000000202. The number of aromatic nitrogens is 2. The molecule has 3 fully saturated rings. The van der Waals surface area contributed by atoms with Gasteiger partial charge in [0.2, 0.25) is 11.8 Å². The first-order valence-electron chi connectivity index (χ1n) is 12.6. The molecule has 2 aromatic rings. The second-order valence-corrected chi connectivity index (χ2v) is 10.6. The number of fused-ring (bicyclic) bond motifs is 1. The Bertz CT molecular complexity index is 1130. The number of amides is 3. The van der Waals surface area contributed by atoms with Crippen molar-refractivity contribution in [2.75, 3.05) is 13.1 Å². The molecule has 0 bridgehead atoms. The number of imide groups is 1. The monoisotopic (exact) mass is 555 g/mol. The summed E-state index contributed by atoms with van der Waals surface area (Å²) in [7, 11) is 0. The van der Waals surface area contributed by atoms with Crippen LogP contribution in [0.4, 0.5) is 0 Å². The molecule has 1 saturated carbocycles. The molecule has 1 unspecified atom stereocenters. The molecule has 1 atom stereocenters. The van der Waals surface area contributed by atoms with E-state index in [1.165, 1.54) is 19.3 Å². The van der Waals surface area contributed by atoms with E-state index in [2.05, 4.69) is 36.5 Å². The van der Waals surface area contributed by atoms with Gasteiger partial charge in [-0.15, -0.1) is 0 Å². The van der Waals surface area contributed by atoms with Crippen molar-refractivity contribution in [3.63, 3.8) is 0 Å². The summed E-state index contributed by atoms with van der Waals surface area (Å²) in [6.45, 7) is 2.42. The summed E-state index contributed by atoms with van der Waals surface area (Å²) < 4.78 is 7.02. The zero-order valence-electron chi connectivity index (χ0n) is 20.0. The summed E-state index contributed by atoms with van der Waals surface area (Å²) in [5, 5.41) is 5.51. The lowest BCUT2D eigenvalue weighted by Gasteiger charge is -2.29. The number of ether oxygens (including phenoxy) is 1. The minimum atomic E-state index is -0.569. The van der Waals surface area contributed by atoms with Crippen LogP contribution in [0.25, 0.3) is 0 Å². The van der Waals surface area contributed by atoms with Crippen molar-refractivity contribution in [3.05, 3.63) is 52.0 Å². The molecule has 0 radical (unpaired) electrons. The summed E-state index contributed by atoms with van der Waals surface area (Å²) in [6, 6.07) is 5.00. The summed E-state index contributed by atoms with van der Waals surface area (Å²) in [5.74, 6) is 1.48. The van der Waals surface area contributed by atoms with Gasteiger partial charge >= 0.3 is 0 Å². The van der Waals surface area contributed by atoms with E-state index in [-0.39, 0.29) is 30.2 Å². The van der Waals surface area contributed by atoms with Gasteiger partial charge in [-0.3, -0.25) is 19.7 Å². The Morgan fingerprint density at radius 3 is 2.42 bits per heavy atom. The molecule has 4 heterocycles. The number of benzene rings is 1. The molecule has 0 spiro atoms. The molecule has 1 aromatic carbocycles. The summed E-state index contributed by atoms with van der Waals surface area (Å²) in [4.78, 5) is 46.0. The maximum Gasteiger partial charge on any atom is 0.255 e. The number of nitrogens with zero attached hydrogens (tertiary/aromatic N) is 3. The van der Waals surface area contributed by atoms with E-state index in [1.54, 1.807) is 23.4 Å². The highest BCUT2D eigenvalue weighted by molar-refractivity contribution is 9.10. The second-order valence-electron chi connectivity index (χ2n) is 9.71. The van der Waals surface area contributed by atoms with Crippen molar-refractivity contribution in [1.29, 1.82) is 0 Å². The fraction of sp³-hybridized carbons (Fsp3) is 0.500. The largest absolute Gasteiger partial charge is 0.490 e. The molecule has 10 heteroatoms. The predicted octanol–water partition coefficient (Wildman–Crippen LogP) is 3.09. The first-order valence-corrected chi connectivity index (χ1v) is 13.4. The minimum Gasteiger partial charge on any atom is -0.490 e. The van der Waals surface area contributed by atoms with E-state index in [9.17, 15) is 14.4 Å². The third-order valence-corrected chi connectivity index (χ3v) is 7.55. The number of carbonyl (C=O) groups is 3. The minimum absolute atomic E-state index is 0.145. The highest BCUT2D eigenvalue weighted by atomic mass is 79.9. The van der Waals surface area contributed by atoms with E-state index in [1.807, 2.05) is 12.1 Å². The number of piperidine rings is 1. The van der Waals surface area contributed by atoms with Crippen molar-refractivity contribution in [2.45, 2.75) is 69.6 Å². The fourth-order valence-corrected chi connectivity index (χ4v) is 5.21. The Labute approximate surface area is 218 Å². The molecular formula is C26H30BrN5O4. The number of nitrogens with one attached hydrogen (secondary N) is 2. The van der Waals surface area contributed by atoms with E-state index in [4.69, 9.17) is 4.74 Å². The van der Waals surface area contributed by atoms with Crippen molar-refractivity contribution in [2.24, 2.45) is 0 Å². The SMILES string of the molecule is Brc1cnc(C2CNC2)nc1.O=C1CCC(N2Cc3cc(OC4CCCCC4)ccc3C2=O)C(=O)N1. The average molecular weight is 556 g/mol. The van der Waals surface area contributed by atoms with Gasteiger partial charge in [-0.25, -0.2) is 9.97 Å². The van der Waals surface area contributed by atoms with Crippen LogP contribution in [0, 0.1) is 0 Å². The van der Waals surface area contributed by atoms with Gasteiger partial charge in [0.25, 0.3) is 5.91 Å².